The van der Waals surface area contributed by atoms with Gasteiger partial charge in [0, 0.05) is 6.20 Å². The molecule has 86 valence electrons. The first-order valence-corrected chi connectivity index (χ1v) is 6.16. The van der Waals surface area contributed by atoms with E-state index >= 15 is 0 Å². The van der Waals surface area contributed by atoms with Crippen molar-refractivity contribution in [3.05, 3.63) is 17.8 Å². The number of allylic oxidation sites excluding steroid dienone is 2. The van der Waals surface area contributed by atoms with Crippen LogP contribution in [-0.2, 0) is 0 Å². The van der Waals surface area contributed by atoms with Crippen LogP contribution in [0.15, 0.2) is 22.8 Å². The van der Waals surface area contributed by atoms with Gasteiger partial charge in [0.15, 0.2) is 0 Å². The van der Waals surface area contributed by atoms with Crippen molar-refractivity contribution in [2.24, 2.45) is 10.9 Å². The molecule has 0 heterocycles. The molecule has 0 rings (SSSR count). The number of unbranched alkanes of at least 4 members (excludes halogenated alkanes) is 2. The Labute approximate surface area is 95.0 Å². The van der Waals surface area contributed by atoms with Gasteiger partial charge in [-0.05, 0) is 44.6 Å². The Kier molecular flexibility index (Phi) is 9.21. The lowest BCUT2D eigenvalue weighted by molar-refractivity contribution is 0.503. The number of hydrogen-bond donors (Lipinski definition) is 0. The molecule has 1 atom stereocenters. The summed E-state index contributed by atoms with van der Waals surface area (Å²) in [4.78, 5) is 4.12. The van der Waals surface area contributed by atoms with E-state index in [0.29, 0.717) is 5.92 Å². The molecule has 0 aromatic rings. The van der Waals surface area contributed by atoms with E-state index < -0.39 is 0 Å². The van der Waals surface area contributed by atoms with Gasteiger partial charge in [0.25, 0.3) is 0 Å². The van der Waals surface area contributed by atoms with Gasteiger partial charge in [0.05, 0.1) is 0 Å². The molecule has 0 amide bonds. The highest BCUT2D eigenvalue weighted by molar-refractivity contribution is 5.51. The molecular weight excluding hydrogens is 182 g/mol. The molecular formula is C14H25N. The Balaban J connectivity index is 4.14. The monoisotopic (exact) mass is 207 g/mol. The Bertz CT molecular complexity index is 232. The third-order valence-electron chi connectivity index (χ3n) is 2.76. The average Bonchev–Trinajstić information content (AvgIpc) is 2.24. The SMILES string of the molecule is CC=C=NC=C(C)C(CC)CCCCC. The minimum absolute atomic E-state index is 0.707. The zero-order valence-corrected chi connectivity index (χ0v) is 10.7. The predicted molar refractivity (Wildman–Crippen MR) is 69.4 cm³/mol. The minimum atomic E-state index is 0.707. The van der Waals surface area contributed by atoms with Crippen molar-refractivity contribution >= 4 is 5.87 Å². The fraction of sp³-hybridized carbons (Fsp3) is 0.714. The summed E-state index contributed by atoms with van der Waals surface area (Å²) in [5.74, 6) is 3.56. The van der Waals surface area contributed by atoms with Crippen LogP contribution in [0.25, 0.3) is 0 Å². The zero-order chi connectivity index (χ0) is 11.5. The molecule has 15 heavy (non-hydrogen) atoms. The van der Waals surface area contributed by atoms with E-state index in [4.69, 9.17) is 0 Å². The highest BCUT2D eigenvalue weighted by Crippen LogP contribution is 2.21. The van der Waals surface area contributed by atoms with Gasteiger partial charge in [-0.15, -0.1) is 0 Å². The Hall–Kier alpha value is -0.810. The molecule has 1 unspecified atom stereocenters. The third kappa shape index (κ3) is 7.16. The lowest BCUT2D eigenvalue weighted by Gasteiger charge is -2.14. The van der Waals surface area contributed by atoms with E-state index in [1.54, 1.807) is 0 Å². The summed E-state index contributed by atoms with van der Waals surface area (Å²) in [5, 5.41) is 0. The molecule has 0 saturated carbocycles. The van der Waals surface area contributed by atoms with Gasteiger partial charge in [-0.1, -0.05) is 38.7 Å². The fourth-order valence-corrected chi connectivity index (χ4v) is 1.71. The van der Waals surface area contributed by atoms with Crippen LogP contribution in [0.2, 0.25) is 0 Å². The molecule has 0 radical (unpaired) electrons. The van der Waals surface area contributed by atoms with Crippen LogP contribution in [0.5, 0.6) is 0 Å². The molecule has 0 N–H and O–H groups in total. The van der Waals surface area contributed by atoms with Crippen molar-refractivity contribution in [1.82, 2.24) is 0 Å². The summed E-state index contributed by atoms with van der Waals surface area (Å²) in [5.41, 5.74) is 1.39. The summed E-state index contributed by atoms with van der Waals surface area (Å²) >= 11 is 0. The molecule has 0 aliphatic heterocycles. The van der Waals surface area contributed by atoms with E-state index in [0.717, 1.165) is 0 Å². The first kappa shape index (κ1) is 14.2. The van der Waals surface area contributed by atoms with Crippen molar-refractivity contribution in [2.45, 2.75) is 59.8 Å². The van der Waals surface area contributed by atoms with Gasteiger partial charge in [-0.2, -0.15) is 0 Å². The fourth-order valence-electron chi connectivity index (χ4n) is 1.71. The van der Waals surface area contributed by atoms with Crippen LogP contribution < -0.4 is 0 Å². The number of rotatable bonds is 7. The molecule has 1 nitrogen and oxygen atoms in total. The van der Waals surface area contributed by atoms with Gasteiger partial charge in [0.1, 0.15) is 0 Å². The second-order valence-corrected chi connectivity index (χ2v) is 4.02. The Morgan fingerprint density at radius 1 is 1.33 bits per heavy atom. The van der Waals surface area contributed by atoms with Crippen molar-refractivity contribution in [1.29, 1.82) is 0 Å². The Morgan fingerprint density at radius 3 is 2.60 bits per heavy atom. The summed E-state index contributed by atoms with van der Waals surface area (Å²) in [7, 11) is 0. The number of hydrogen-bond acceptors (Lipinski definition) is 1. The van der Waals surface area contributed by atoms with Crippen LogP contribution in [0.1, 0.15) is 59.8 Å². The summed E-state index contributed by atoms with van der Waals surface area (Å²) < 4.78 is 0. The van der Waals surface area contributed by atoms with Gasteiger partial charge in [-0.25, -0.2) is 4.99 Å². The highest BCUT2D eigenvalue weighted by atomic mass is 14.6. The molecule has 0 aromatic heterocycles. The maximum atomic E-state index is 4.12. The van der Waals surface area contributed by atoms with Crippen molar-refractivity contribution in [3.8, 4) is 0 Å². The smallest absolute Gasteiger partial charge is 0.0360 e. The normalized spacial score (nSPS) is 13.2. The lowest BCUT2D eigenvalue weighted by atomic mass is 9.92. The molecule has 0 fully saturated rings. The summed E-state index contributed by atoms with van der Waals surface area (Å²) in [6.07, 6.45) is 10.3. The van der Waals surface area contributed by atoms with Crippen molar-refractivity contribution in [3.63, 3.8) is 0 Å². The maximum absolute atomic E-state index is 4.12. The van der Waals surface area contributed by atoms with Crippen LogP contribution in [0, 0.1) is 5.92 Å². The molecule has 0 bridgehead atoms. The number of nitrogens with zero attached hydrogens (tertiary/aromatic N) is 1. The van der Waals surface area contributed by atoms with Gasteiger partial charge in [0.2, 0.25) is 0 Å². The van der Waals surface area contributed by atoms with Gasteiger partial charge in [-0.3, -0.25) is 0 Å². The second kappa shape index (κ2) is 9.73. The maximum Gasteiger partial charge on any atom is 0.0360 e. The largest absolute Gasteiger partial charge is 0.215 e. The second-order valence-electron chi connectivity index (χ2n) is 4.02. The van der Waals surface area contributed by atoms with Crippen LogP contribution in [-0.4, -0.2) is 5.87 Å². The molecule has 0 saturated heterocycles. The van der Waals surface area contributed by atoms with Gasteiger partial charge < -0.3 is 0 Å². The summed E-state index contributed by atoms with van der Waals surface area (Å²) in [6.45, 7) is 8.62. The van der Waals surface area contributed by atoms with Crippen molar-refractivity contribution in [2.75, 3.05) is 0 Å². The zero-order valence-electron chi connectivity index (χ0n) is 10.7. The predicted octanol–water partition coefficient (Wildman–Crippen LogP) is 4.74. The van der Waals surface area contributed by atoms with E-state index in [2.05, 4.69) is 31.6 Å². The molecule has 0 aliphatic carbocycles. The van der Waals surface area contributed by atoms with Crippen LogP contribution in [0.4, 0.5) is 0 Å². The highest BCUT2D eigenvalue weighted by Gasteiger charge is 2.07. The topological polar surface area (TPSA) is 12.4 Å². The lowest BCUT2D eigenvalue weighted by Crippen LogP contribution is -2.00. The summed E-state index contributed by atoms with van der Waals surface area (Å²) in [6, 6.07) is 0. The third-order valence-corrected chi connectivity index (χ3v) is 2.76. The molecule has 0 spiro atoms. The average molecular weight is 207 g/mol. The molecule has 1 heteroatoms. The first-order valence-electron chi connectivity index (χ1n) is 6.16. The van der Waals surface area contributed by atoms with Gasteiger partial charge >= 0.3 is 0 Å². The van der Waals surface area contributed by atoms with Crippen LogP contribution >= 0.6 is 0 Å². The molecule has 0 aromatic carbocycles. The molecule has 0 aliphatic rings. The first-order chi connectivity index (χ1) is 7.26. The quantitative estimate of drug-likeness (QED) is 0.422. The van der Waals surface area contributed by atoms with Crippen LogP contribution in [0.3, 0.4) is 0 Å². The van der Waals surface area contributed by atoms with E-state index in [-0.39, 0.29) is 0 Å². The number of aliphatic imine (C=N–C) groups is 1. The van der Waals surface area contributed by atoms with E-state index in [1.165, 1.54) is 37.7 Å². The van der Waals surface area contributed by atoms with E-state index in [1.807, 2.05) is 19.2 Å². The van der Waals surface area contributed by atoms with Crippen molar-refractivity contribution < 1.29 is 0 Å². The Morgan fingerprint density at radius 2 is 2.07 bits per heavy atom. The standard InChI is InChI=1S/C14H25N/c1-5-8-9-10-14(7-3)13(4)12-15-11-6-2/h6,12,14H,5,7-10H2,1-4H3. The minimum Gasteiger partial charge on any atom is -0.215 e. The van der Waals surface area contributed by atoms with E-state index in [9.17, 15) is 0 Å².